The van der Waals surface area contributed by atoms with E-state index in [0.717, 1.165) is 16.8 Å². The van der Waals surface area contributed by atoms with Gasteiger partial charge in [-0.2, -0.15) is 27.1 Å². The van der Waals surface area contributed by atoms with Crippen molar-refractivity contribution >= 4 is 33.5 Å². The molecule has 2 heterocycles. The lowest BCUT2D eigenvalue weighted by Crippen LogP contribution is -2.40. The smallest absolute Gasteiger partial charge is 0.417 e. The Hall–Kier alpha value is -3.07. The molecule has 188 valence electrons. The van der Waals surface area contributed by atoms with Gasteiger partial charge in [0.15, 0.2) is 0 Å². The molecule has 10 nitrogen and oxygen atoms in total. The van der Waals surface area contributed by atoms with Crippen LogP contribution < -0.4 is 16.2 Å². The molecule has 1 aliphatic heterocycles. The summed E-state index contributed by atoms with van der Waals surface area (Å²) in [5.41, 5.74) is 9.43. The van der Waals surface area contributed by atoms with Crippen LogP contribution in [0.1, 0.15) is 5.56 Å². The summed E-state index contributed by atoms with van der Waals surface area (Å²) < 4.78 is 81.6. The van der Waals surface area contributed by atoms with Crippen LogP contribution in [0.2, 0.25) is 5.02 Å². The lowest BCUT2D eigenvalue weighted by molar-refractivity contribution is -0.137. The molecular formula is C20H20ClF3N6O4S. The highest BCUT2D eigenvalue weighted by molar-refractivity contribution is 7.89. The van der Waals surface area contributed by atoms with E-state index in [2.05, 4.69) is 10.1 Å². The van der Waals surface area contributed by atoms with Gasteiger partial charge >= 0.3 is 6.18 Å². The Labute approximate surface area is 203 Å². The summed E-state index contributed by atoms with van der Waals surface area (Å²) in [6.45, 7) is 0.591. The number of morpholine rings is 1. The number of nitrogens with zero attached hydrogens (tertiary/aromatic N) is 4. The molecule has 0 atom stereocenters. The van der Waals surface area contributed by atoms with E-state index in [1.165, 1.54) is 29.6 Å². The normalized spacial score (nSPS) is 15.3. The molecule has 35 heavy (non-hydrogen) atoms. The standard InChI is InChI=1S/C20H20ClF3N6O4S/c1-33-15-3-2-11(8-16(15)35(31,32)29-4-6-34-7-5-29)17-13(20(22,23)24)9-12(10-14(17)21)30-19(26)27-18(25)28-30/h2-3,8-10H,4-7H2,1H3,(H4,25,26,27,28). The average Bonchev–Trinajstić information content (AvgIpc) is 3.16. The number of hydrogen-bond donors (Lipinski definition) is 2. The summed E-state index contributed by atoms with van der Waals surface area (Å²) in [4.78, 5) is 3.39. The topological polar surface area (TPSA) is 139 Å². The Morgan fingerprint density at radius 1 is 1.14 bits per heavy atom. The zero-order valence-corrected chi connectivity index (χ0v) is 19.8. The molecule has 0 unspecified atom stereocenters. The molecule has 0 aliphatic carbocycles. The minimum absolute atomic E-state index is 0.0209. The summed E-state index contributed by atoms with van der Waals surface area (Å²) in [7, 11) is -2.83. The third kappa shape index (κ3) is 4.74. The fourth-order valence-electron chi connectivity index (χ4n) is 3.72. The molecule has 0 spiro atoms. The van der Waals surface area contributed by atoms with E-state index in [4.69, 9.17) is 32.5 Å². The van der Waals surface area contributed by atoms with Gasteiger partial charge in [-0.3, -0.25) is 0 Å². The Bertz CT molecular complexity index is 1370. The number of ether oxygens (including phenoxy) is 2. The van der Waals surface area contributed by atoms with Gasteiger partial charge in [0.1, 0.15) is 10.6 Å². The Morgan fingerprint density at radius 3 is 2.40 bits per heavy atom. The van der Waals surface area contributed by atoms with Crippen LogP contribution in [0.3, 0.4) is 0 Å². The van der Waals surface area contributed by atoms with Crippen LogP contribution in [0, 0.1) is 0 Å². The Balaban J connectivity index is 1.91. The van der Waals surface area contributed by atoms with E-state index in [0.29, 0.717) is 0 Å². The number of anilines is 2. The zero-order chi connectivity index (χ0) is 25.5. The molecule has 1 aliphatic rings. The molecular weight excluding hydrogens is 513 g/mol. The highest BCUT2D eigenvalue weighted by Gasteiger charge is 2.37. The number of benzene rings is 2. The van der Waals surface area contributed by atoms with Gasteiger partial charge in [0, 0.05) is 18.7 Å². The van der Waals surface area contributed by atoms with Crippen molar-refractivity contribution in [2.75, 3.05) is 44.9 Å². The molecule has 2 aromatic carbocycles. The third-order valence-corrected chi connectivity index (χ3v) is 7.53. The molecule has 0 bridgehead atoms. The molecule has 1 saturated heterocycles. The van der Waals surface area contributed by atoms with E-state index < -0.39 is 27.3 Å². The lowest BCUT2D eigenvalue weighted by Gasteiger charge is -2.27. The Morgan fingerprint density at radius 2 is 1.83 bits per heavy atom. The first-order valence-electron chi connectivity index (χ1n) is 10.1. The van der Waals surface area contributed by atoms with Gasteiger partial charge in [0.05, 0.1) is 36.6 Å². The van der Waals surface area contributed by atoms with Gasteiger partial charge in [-0.25, -0.2) is 8.42 Å². The number of aromatic nitrogens is 3. The van der Waals surface area contributed by atoms with Crippen LogP contribution in [0.5, 0.6) is 5.75 Å². The highest BCUT2D eigenvalue weighted by atomic mass is 35.5. The van der Waals surface area contributed by atoms with Crippen LogP contribution in [-0.2, 0) is 20.9 Å². The van der Waals surface area contributed by atoms with Crippen molar-refractivity contribution < 1.29 is 31.1 Å². The van der Waals surface area contributed by atoms with Crippen molar-refractivity contribution in [3.05, 3.63) is 40.9 Å². The molecule has 0 saturated carbocycles. The van der Waals surface area contributed by atoms with Crippen molar-refractivity contribution in [2.45, 2.75) is 11.1 Å². The summed E-state index contributed by atoms with van der Waals surface area (Å²) >= 11 is 6.33. The monoisotopic (exact) mass is 532 g/mol. The predicted octanol–water partition coefficient (Wildman–Crippen LogP) is 2.80. The molecule has 0 radical (unpaired) electrons. The number of sulfonamides is 1. The number of halogens is 4. The van der Waals surface area contributed by atoms with Crippen molar-refractivity contribution in [3.63, 3.8) is 0 Å². The predicted molar refractivity (Wildman–Crippen MR) is 122 cm³/mol. The molecule has 1 aromatic heterocycles. The molecule has 1 fully saturated rings. The van der Waals surface area contributed by atoms with E-state index in [9.17, 15) is 21.6 Å². The van der Waals surface area contributed by atoms with Crippen LogP contribution in [0.4, 0.5) is 25.1 Å². The van der Waals surface area contributed by atoms with Crippen molar-refractivity contribution in [1.82, 2.24) is 19.1 Å². The van der Waals surface area contributed by atoms with E-state index in [-0.39, 0.29) is 65.1 Å². The summed E-state index contributed by atoms with van der Waals surface area (Å²) in [6.07, 6.45) is -4.86. The lowest BCUT2D eigenvalue weighted by atomic mass is 9.98. The molecule has 4 N–H and O–H groups in total. The zero-order valence-electron chi connectivity index (χ0n) is 18.2. The van der Waals surface area contributed by atoms with Crippen LogP contribution in [0.15, 0.2) is 35.2 Å². The molecule has 15 heteroatoms. The van der Waals surface area contributed by atoms with Crippen LogP contribution in [-0.4, -0.2) is 60.9 Å². The van der Waals surface area contributed by atoms with Gasteiger partial charge < -0.3 is 20.9 Å². The highest BCUT2D eigenvalue weighted by Crippen LogP contribution is 2.44. The maximum atomic E-state index is 14.2. The van der Waals surface area contributed by atoms with Crippen LogP contribution >= 0.6 is 11.6 Å². The maximum Gasteiger partial charge on any atom is 0.417 e. The summed E-state index contributed by atoms with van der Waals surface area (Å²) in [5, 5.41) is 3.47. The number of alkyl halides is 3. The van der Waals surface area contributed by atoms with Gasteiger partial charge in [-0.15, -0.1) is 5.10 Å². The fraction of sp³-hybridized carbons (Fsp3) is 0.300. The number of hydrogen-bond acceptors (Lipinski definition) is 8. The number of rotatable bonds is 5. The number of nitrogen functional groups attached to an aromatic ring is 2. The largest absolute Gasteiger partial charge is 0.495 e. The van der Waals surface area contributed by atoms with Crippen molar-refractivity contribution in [1.29, 1.82) is 0 Å². The summed E-state index contributed by atoms with van der Waals surface area (Å²) in [5.74, 6) is -0.487. The van der Waals surface area contributed by atoms with Gasteiger partial charge in [0.25, 0.3) is 0 Å². The quantitative estimate of drug-likeness (QED) is 0.511. The molecule has 0 amide bonds. The van der Waals surface area contributed by atoms with E-state index in [1.807, 2.05) is 0 Å². The van der Waals surface area contributed by atoms with E-state index >= 15 is 0 Å². The van der Waals surface area contributed by atoms with Crippen molar-refractivity contribution in [3.8, 4) is 22.6 Å². The molecule has 3 aromatic rings. The first-order chi connectivity index (χ1) is 16.4. The van der Waals surface area contributed by atoms with Crippen molar-refractivity contribution in [2.24, 2.45) is 0 Å². The first-order valence-corrected chi connectivity index (χ1v) is 11.9. The fourth-order valence-corrected chi connectivity index (χ4v) is 5.63. The van der Waals surface area contributed by atoms with Gasteiger partial charge in [-0.1, -0.05) is 17.7 Å². The van der Waals surface area contributed by atoms with Gasteiger partial charge in [0.2, 0.25) is 21.9 Å². The minimum atomic E-state index is -4.86. The number of nitrogens with two attached hydrogens (primary N) is 2. The second-order valence-electron chi connectivity index (χ2n) is 7.47. The van der Waals surface area contributed by atoms with Crippen LogP contribution in [0.25, 0.3) is 16.8 Å². The SMILES string of the molecule is COc1ccc(-c2c(Cl)cc(-n3nc(N)nc3N)cc2C(F)(F)F)cc1S(=O)(=O)N1CCOCC1. The van der Waals surface area contributed by atoms with Gasteiger partial charge in [-0.05, 0) is 29.8 Å². The third-order valence-electron chi connectivity index (χ3n) is 5.31. The first kappa shape index (κ1) is 25.0. The second kappa shape index (κ2) is 9.18. The second-order valence-corrected chi connectivity index (χ2v) is 9.78. The van der Waals surface area contributed by atoms with E-state index in [1.54, 1.807) is 0 Å². The average molecular weight is 533 g/mol. The Kier molecular flexibility index (Phi) is 6.57. The summed E-state index contributed by atoms with van der Waals surface area (Å²) in [6, 6.07) is 5.68. The number of methoxy groups -OCH3 is 1. The minimum Gasteiger partial charge on any atom is -0.495 e. The maximum absolute atomic E-state index is 14.2. The molecule has 4 rings (SSSR count).